The molecule has 1 nitrogen and oxygen atoms in total. The first-order valence-corrected chi connectivity index (χ1v) is 11.1. The number of unbranched alkanes of at least 4 members (excludes halogenated alkanes) is 4. The molecule has 2 saturated carbocycles. The van der Waals surface area contributed by atoms with Crippen molar-refractivity contribution >= 4 is 0 Å². The van der Waals surface area contributed by atoms with Gasteiger partial charge in [0.1, 0.15) is 0 Å². The third-order valence-corrected chi connectivity index (χ3v) is 7.26. The molecule has 0 aromatic heterocycles. The smallest absolute Gasteiger partial charge is 0.0689 e. The van der Waals surface area contributed by atoms with Gasteiger partial charge < -0.3 is 0 Å². The van der Waals surface area contributed by atoms with Crippen LogP contribution in [0.25, 0.3) is 0 Å². The molecule has 0 bridgehead atoms. The van der Waals surface area contributed by atoms with Gasteiger partial charge in [0.25, 0.3) is 0 Å². The second-order valence-corrected chi connectivity index (χ2v) is 8.96. The predicted octanol–water partition coefficient (Wildman–Crippen LogP) is 7.65. The van der Waals surface area contributed by atoms with Crippen molar-refractivity contribution in [3.63, 3.8) is 0 Å². The van der Waals surface area contributed by atoms with E-state index >= 15 is 0 Å². The molecule has 2 rings (SSSR count). The van der Waals surface area contributed by atoms with Crippen LogP contribution in [0.3, 0.4) is 0 Å². The molecule has 0 radical (unpaired) electrons. The second kappa shape index (κ2) is 10.5. The van der Waals surface area contributed by atoms with Crippen LogP contribution in [0.2, 0.25) is 0 Å². The molecular formula is C23H41N. The normalized spacial score (nSPS) is 34.0. The van der Waals surface area contributed by atoms with E-state index in [1.54, 1.807) is 0 Å². The maximum Gasteiger partial charge on any atom is 0.0689 e. The molecule has 1 heteroatoms. The summed E-state index contributed by atoms with van der Waals surface area (Å²) in [5.41, 5.74) is 0.0446. The third kappa shape index (κ3) is 5.79. The van der Waals surface area contributed by atoms with Crippen LogP contribution in [0.1, 0.15) is 117 Å². The Bertz CT molecular complexity index is 364. The maximum atomic E-state index is 9.67. The van der Waals surface area contributed by atoms with E-state index in [-0.39, 0.29) is 5.41 Å². The SMILES string of the molecule is CCCCCCC1CCC(C2CCC(C#N)(CCCC)CC2)CC1. The van der Waals surface area contributed by atoms with Gasteiger partial charge in [-0.3, -0.25) is 0 Å². The number of rotatable bonds is 9. The van der Waals surface area contributed by atoms with Crippen LogP contribution in [0.5, 0.6) is 0 Å². The fourth-order valence-electron chi connectivity index (χ4n) is 5.41. The quantitative estimate of drug-likeness (QED) is 0.398. The number of nitriles is 1. The number of hydrogen-bond donors (Lipinski definition) is 0. The molecule has 0 saturated heterocycles. The summed E-state index contributed by atoms with van der Waals surface area (Å²) < 4.78 is 0. The lowest BCUT2D eigenvalue weighted by atomic mass is 9.63. The van der Waals surface area contributed by atoms with Crippen LogP contribution in [-0.2, 0) is 0 Å². The molecule has 0 aromatic rings. The Balaban J connectivity index is 1.67. The Morgan fingerprint density at radius 2 is 1.42 bits per heavy atom. The zero-order chi connectivity index (χ0) is 17.3. The highest BCUT2D eigenvalue weighted by molar-refractivity contribution is 5.02. The van der Waals surface area contributed by atoms with E-state index < -0.39 is 0 Å². The van der Waals surface area contributed by atoms with Gasteiger partial charge in [-0.15, -0.1) is 0 Å². The molecule has 0 amide bonds. The van der Waals surface area contributed by atoms with Crippen molar-refractivity contribution in [3.05, 3.63) is 0 Å². The van der Waals surface area contributed by atoms with E-state index in [0.717, 1.165) is 24.2 Å². The van der Waals surface area contributed by atoms with Gasteiger partial charge in [0.2, 0.25) is 0 Å². The maximum absolute atomic E-state index is 9.67. The molecule has 24 heavy (non-hydrogen) atoms. The van der Waals surface area contributed by atoms with Crippen molar-refractivity contribution in [1.29, 1.82) is 5.26 Å². The Labute approximate surface area is 151 Å². The van der Waals surface area contributed by atoms with Crippen LogP contribution in [-0.4, -0.2) is 0 Å². The van der Waals surface area contributed by atoms with E-state index in [1.807, 2.05) is 0 Å². The van der Waals surface area contributed by atoms with E-state index in [2.05, 4.69) is 19.9 Å². The molecule has 0 heterocycles. The highest BCUT2D eigenvalue weighted by atomic mass is 14.4. The highest BCUT2D eigenvalue weighted by Gasteiger charge is 2.38. The van der Waals surface area contributed by atoms with Gasteiger partial charge >= 0.3 is 0 Å². The van der Waals surface area contributed by atoms with Gasteiger partial charge in [0.05, 0.1) is 11.5 Å². The Hall–Kier alpha value is -0.510. The Morgan fingerprint density at radius 3 is 2.00 bits per heavy atom. The molecule has 0 aromatic carbocycles. The Kier molecular flexibility index (Phi) is 8.65. The standard InChI is InChI=1S/C23H41N/c1-3-5-7-8-9-20-10-12-21(13-11-20)22-14-17-23(19-24,18-15-22)16-6-4-2/h20-22H,3-18H2,1-2H3. The van der Waals surface area contributed by atoms with Crippen molar-refractivity contribution < 1.29 is 0 Å². The summed E-state index contributed by atoms with van der Waals surface area (Å²) in [5.74, 6) is 2.96. The van der Waals surface area contributed by atoms with Gasteiger partial charge in [-0.2, -0.15) is 5.26 Å². The van der Waals surface area contributed by atoms with Gasteiger partial charge in [-0.05, 0) is 62.7 Å². The highest BCUT2D eigenvalue weighted by Crippen LogP contribution is 2.47. The van der Waals surface area contributed by atoms with E-state index in [9.17, 15) is 5.26 Å². The first-order valence-electron chi connectivity index (χ1n) is 11.1. The van der Waals surface area contributed by atoms with Gasteiger partial charge in [0.15, 0.2) is 0 Å². The van der Waals surface area contributed by atoms with Crippen molar-refractivity contribution in [1.82, 2.24) is 0 Å². The fraction of sp³-hybridized carbons (Fsp3) is 0.957. The van der Waals surface area contributed by atoms with Crippen molar-refractivity contribution in [2.75, 3.05) is 0 Å². The molecule has 0 atom stereocenters. The zero-order valence-corrected chi connectivity index (χ0v) is 16.5. The van der Waals surface area contributed by atoms with E-state index in [1.165, 1.54) is 96.3 Å². The lowest BCUT2D eigenvalue weighted by Gasteiger charge is -2.41. The Morgan fingerprint density at radius 1 is 0.792 bits per heavy atom. The average molecular weight is 332 g/mol. The molecular weight excluding hydrogens is 290 g/mol. The predicted molar refractivity (Wildman–Crippen MR) is 104 cm³/mol. The minimum Gasteiger partial charge on any atom is -0.198 e. The van der Waals surface area contributed by atoms with Gasteiger partial charge in [-0.1, -0.05) is 71.6 Å². The first-order chi connectivity index (χ1) is 11.7. The zero-order valence-electron chi connectivity index (χ0n) is 16.5. The van der Waals surface area contributed by atoms with Crippen LogP contribution < -0.4 is 0 Å². The lowest BCUT2D eigenvalue weighted by Crippen LogP contribution is -2.31. The van der Waals surface area contributed by atoms with E-state index in [0.29, 0.717) is 0 Å². The summed E-state index contributed by atoms with van der Waals surface area (Å²) in [4.78, 5) is 0. The number of nitrogens with zero attached hydrogens (tertiary/aromatic N) is 1. The molecule has 2 fully saturated rings. The summed E-state index contributed by atoms with van der Waals surface area (Å²) in [6.07, 6.45) is 21.8. The van der Waals surface area contributed by atoms with Crippen LogP contribution in [0.4, 0.5) is 0 Å². The summed E-state index contributed by atoms with van der Waals surface area (Å²) >= 11 is 0. The van der Waals surface area contributed by atoms with Gasteiger partial charge in [0, 0.05) is 0 Å². The summed E-state index contributed by atoms with van der Waals surface area (Å²) in [6.45, 7) is 4.55. The van der Waals surface area contributed by atoms with Crippen LogP contribution in [0, 0.1) is 34.5 Å². The van der Waals surface area contributed by atoms with Crippen molar-refractivity contribution in [2.45, 2.75) is 117 Å². The largest absolute Gasteiger partial charge is 0.198 e. The summed E-state index contributed by atoms with van der Waals surface area (Å²) in [7, 11) is 0. The third-order valence-electron chi connectivity index (χ3n) is 7.26. The van der Waals surface area contributed by atoms with Crippen LogP contribution >= 0.6 is 0 Å². The van der Waals surface area contributed by atoms with Crippen molar-refractivity contribution in [2.24, 2.45) is 23.2 Å². The molecule has 138 valence electrons. The lowest BCUT2D eigenvalue weighted by molar-refractivity contribution is 0.115. The number of hydrogen-bond acceptors (Lipinski definition) is 1. The monoisotopic (exact) mass is 331 g/mol. The topological polar surface area (TPSA) is 23.8 Å². The minimum absolute atomic E-state index is 0.0446. The minimum atomic E-state index is 0.0446. The van der Waals surface area contributed by atoms with Gasteiger partial charge in [-0.25, -0.2) is 0 Å². The molecule has 2 aliphatic rings. The summed E-state index contributed by atoms with van der Waals surface area (Å²) in [5, 5.41) is 9.67. The molecule has 0 N–H and O–H groups in total. The van der Waals surface area contributed by atoms with Crippen LogP contribution in [0.15, 0.2) is 0 Å². The fourth-order valence-corrected chi connectivity index (χ4v) is 5.41. The second-order valence-electron chi connectivity index (χ2n) is 8.96. The molecule has 2 aliphatic carbocycles. The molecule has 0 unspecified atom stereocenters. The van der Waals surface area contributed by atoms with E-state index in [4.69, 9.17) is 0 Å². The first kappa shape index (κ1) is 19.8. The summed E-state index contributed by atoms with van der Waals surface area (Å²) in [6, 6.07) is 2.72. The molecule has 0 spiro atoms. The molecule has 0 aliphatic heterocycles. The van der Waals surface area contributed by atoms with Crippen molar-refractivity contribution in [3.8, 4) is 6.07 Å². The average Bonchev–Trinajstić information content (AvgIpc) is 2.65.